The molecule has 2 aromatic heterocycles. The molecular weight excluding hydrogens is 256 g/mol. The molecule has 1 saturated heterocycles. The van der Waals surface area contributed by atoms with Crippen molar-refractivity contribution >= 4 is 23.2 Å². The topological polar surface area (TPSA) is 62.5 Å². The first-order valence-electron chi connectivity index (χ1n) is 6.88. The molecule has 0 saturated carbocycles. The quantitative estimate of drug-likeness (QED) is 0.790. The Morgan fingerprint density at radius 2 is 2.05 bits per heavy atom. The van der Waals surface area contributed by atoms with E-state index in [0.29, 0.717) is 23.8 Å². The number of aromatic nitrogens is 2. The third-order valence-corrected chi connectivity index (χ3v) is 3.59. The third-order valence-electron chi connectivity index (χ3n) is 3.59. The fraction of sp³-hybridized carbons (Fsp3) is 0.500. The Labute approximate surface area is 117 Å². The number of rotatable bonds is 1. The SMILES string of the molecule is CC(=O)N1CCCN(c2nc3nc(C)ccc3o2)CC1. The standard InChI is InChI=1S/C14H18N4O2/c1-10-4-5-12-13(15-10)16-14(20-12)18-7-3-6-17(8-9-18)11(2)19/h4-5H,3,6-9H2,1-2H3. The highest BCUT2D eigenvalue weighted by Crippen LogP contribution is 2.21. The van der Waals surface area contributed by atoms with E-state index in [1.54, 1.807) is 6.92 Å². The molecule has 2 aromatic rings. The molecule has 6 heteroatoms. The van der Waals surface area contributed by atoms with Gasteiger partial charge in [0.15, 0.2) is 5.58 Å². The van der Waals surface area contributed by atoms with Crippen molar-refractivity contribution in [2.75, 3.05) is 31.1 Å². The van der Waals surface area contributed by atoms with E-state index in [1.807, 2.05) is 24.0 Å². The summed E-state index contributed by atoms with van der Waals surface area (Å²) >= 11 is 0. The Morgan fingerprint density at radius 1 is 1.20 bits per heavy atom. The number of pyridine rings is 1. The maximum Gasteiger partial charge on any atom is 0.300 e. The molecule has 0 radical (unpaired) electrons. The molecule has 0 aliphatic carbocycles. The Morgan fingerprint density at radius 3 is 2.85 bits per heavy atom. The lowest BCUT2D eigenvalue weighted by Gasteiger charge is -2.19. The van der Waals surface area contributed by atoms with E-state index < -0.39 is 0 Å². The van der Waals surface area contributed by atoms with Gasteiger partial charge in [0.2, 0.25) is 11.6 Å². The molecule has 1 aliphatic rings. The minimum atomic E-state index is 0.127. The van der Waals surface area contributed by atoms with Gasteiger partial charge in [-0.3, -0.25) is 4.79 Å². The second-order valence-electron chi connectivity index (χ2n) is 5.12. The lowest BCUT2D eigenvalue weighted by molar-refractivity contribution is -0.128. The van der Waals surface area contributed by atoms with Crippen LogP contribution < -0.4 is 4.90 Å². The van der Waals surface area contributed by atoms with E-state index >= 15 is 0 Å². The number of amides is 1. The number of fused-ring (bicyclic) bond motifs is 1. The fourth-order valence-corrected chi connectivity index (χ4v) is 2.46. The van der Waals surface area contributed by atoms with Crippen molar-refractivity contribution in [3.05, 3.63) is 17.8 Å². The smallest absolute Gasteiger partial charge is 0.300 e. The lowest BCUT2D eigenvalue weighted by Crippen LogP contribution is -2.33. The number of hydrogen-bond acceptors (Lipinski definition) is 5. The van der Waals surface area contributed by atoms with Crippen LogP contribution in [0.4, 0.5) is 6.01 Å². The van der Waals surface area contributed by atoms with Crippen LogP contribution in [0.2, 0.25) is 0 Å². The molecular formula is C14H18N4O2. The van der Waals surface area contributed by atoms with Crippen LogP contribution in [0.5, 0.6) is 0 Å². The van der Waals surface area contributed by atoms with Crippen LogP contribution in [0, 0.1) is 6.92 Å². The van der Waals surface area contributed by atoms with Crippen molar-refractivity contribution < 1.29 is 9.21 Å². The molecule has 6 nitrogen and oxygen atoms in total. The van der Waals surface area contributed by atoms with Gasteiger partial charge in [0.05, 0.1) is 0 Å². The lowest BCUT2D eigenvalue weighted by atomic mass is 10.4. The zero-order valence-electron chi connectivity index (χ0n) is 11.8. The maximum absolute atomic E-state index is 11.4. The molecule has 106 valence electrons. The predicted octanol–water partition coefficient (Wildman–Crippen LogP) is 1.59. The van der Waals surface area contributed by atoms with Crippen molar-refractivity contribution in [2.24, 2.45) is 0 Å². The predicted molar refractivity (Wildman–Crippen MR) is 75.6 cm³/mol. The molecule has 20 heavy (non-hydrogen) atoms. The summed E-state index contributed by atoms with van der Waals surface area (Å²) in [6.07, 6.45) is 0.921. The monoisotopic (exact) mass is 274 g/mol. The maximum atomic E-state index is 11.4. The van der Waals surface area contributed by atoms with E-state index in [0.717, 1.165) is 31.7 Å². The number of oxazole rings is 1. The van der Waals surface area contributed by atoms with Gasteiger partial charge in [0.1, 0.15) is 0 Å². The summed E-state index contributed by atoms with van der Waals surface area (Å²) in [5.74, 6) is 0.127. The highest BCUT2D eigenvalue weighted by molar-refractivity contribution is 5.73. The molecule has 0 atom stereocenters. The first kappa shape index (κ1) is 12.9. The van der Waals surface area contributed by atoms with Crippen LogP contribution in [0.3, 0.4) is 0 Å². The molecule has 0 N–H and O–H groups in total. The van der Waals surface area contributed by atoms with Crippen LogP contribution in [0.15, 0.2) is 16.5 Å². The van der Waals surface area contributed by atoms with Gasteiger partial charge in [-0.25, -0.2) is 4.98 Å². The summed E-state index contributed by atoms with van der Waals surface area (Å²) < 4.78 is 5.76. The van der Waals surface area contributed by atoms with Gasteiger partial charge in [-0.05, 0) is 25.5 Å². The van der Waals surface area contributed by atoms with Gasteiger partial charge in [0, 0.05) is 38.8 Å². The first-order valence-corrected chi connectivity index (χ1v) is 6.88. The molecule has 0 spiro atoms. The number of carbonyl (C=O) groups is 1. The molecule has 3 heterocycles. The van der Waals surface area contributed by atoms with E-state index in [2.05, 4.69) is 14.9 Å². The summed E-state index contributed by atoms with van der Waals surface area (Å²) in [5.41, 5.74) is 2.28. The molecule has 1 amide bonds. The third kappa shape index (κ3) is 2.45. The van der Waals surface area contributed by atoms with Crippen molar-refractivity contribution in [2.45, 2.75) is 20.3 Å². The average Bonchev–Trinajstić information content (AvgIpc) is 2.67. The molecule has 3 rings (SSSR count). The van der Waals surface area contributed by atoms with Gasteiger partial charge >= 0.3 is 0 Å². The normalized spacial score (nSPS) is 16.5. The van der Waals surface area contributed by atoms with Crippen molar-refractivity contribution in [1.29, 1.82) is 0 Å². The first-order chi connectivity index (χ1) is 9.63. The summed E-state index contributed by atoms with van der Waals surface area (Å²) in [5, 5.41) is 0. The highest BCUT2D eigenvalue weighted by Gasteiger charge is 2.20. The zero-order valence-corrected chi connectivity index (χ0v) is 11.8. The van der Waals surface area contributed by atoms with Gasteiger partial charge < -0.3 is 14.2 Å². The van der Waals surface area contributed by atoms with Crippen LogP contribution in [0.25, 0.3) is 11.2 Å². The van der Waals surface area contributed by atoms with Crippen LogP contribution in [0.1, 0.15) is 19.0 Å². The summed E-state index contributed by atoms with van der Waals surface area (Å²) in [6, 6.07) is 4.41. The van der Waals surface area contributed by atoms with Crippen LogP contribution in [-0.4, -0.2) is 47.0 Å². The Bertz CT molecular complexity index is 637. The average molecular weight is 274 g/mol. The number of nitrogens with zero attached hydrogens (tertiary/aromatic N) is 4. The highest BCUT2D eigenvalue weighted by atomic mass is 16.4. The van der Waals surface area contributed by atoms with Crippen molar-refractivity contribution in [3.63, 3.8) is 0 Å². The number of carbonyl (C=O) groups excluding carboxylic acids is 1. The molecule has 1 fully saturated rings. The largest absolute Gasteiger partial charge is 0.422 e. The zero-order chi connectivity index (χ0) is 14.1. The van der Waals surface area contributed by atoms with Crippen LogP contribution in [-0.2, 0) is 4.79 Å². The van der Waals surface area contributed by atoms with E-state index in [9.17, 15) is 4.79 Å². The van der Waals surface area contributed by atoms with E-state index in [1.165, 1.54) is 0 Å². The summed E-state index contributed by atoms with van der Waals surface area (Å²) in [4.78, 5) is 24.2. The second kappa shape index (κ2) is 5.11. The molecule has 0 unspecified atom stereocenters. The Balaban J connectivity index is 1.82. The minimum absolute atomic E-state index is 0.127. The van der Waals surface area contributed by atoms with E-state index in [-0.39, 0.29) is 5.91 Å². The van der Waals surface area contributed by atoms with Crippen molar-refractivity contribution in [1.82, 2.24) is 14.9 Å². The molecule has 1 aliphatic heterocycles. The summed E-state index contributed by atoms with van der Waals surface area (Å²) in [6.45, 7) is 6.64. The van der Waals surface area contributed by atoms with Gasteiger partial charge in [-0.1, -0.05) is 0 Å². The van der Waals surface area contributed by atoms with E-state index in [4.69, 9.17) is 4.42 Å². The number of anilines is 1. The fourth-order valence-electron chi connectivity index (χ4n) is 2.46. The van der Waals surface area contributed by atoms with Gasteiger partial charge in [-0.2, -0.15) is 4.98 Å². The van der Waals surface area contributed by atoms with Crippen molar-refractivity contribution in [3.8, 4) is 0 Å². The number of hydrogen-bond donors (Lipinski definition) is 0. The molecule has 0 aromatic carbocycles. The van der Waals surface area contributed by atoms with Crippen LogP contribution >= 0.6 is 0 Å². The number of aryl methyl sites for hydroxylation is 1. The summed E-state index contributed by atoms with van der Waals surface area (Å²) in [7, 11) is 0. The minimum Gasteiger partial charge on any atom is -0.422 e. The van der Waals surface area contributed by atoms with Gasteiger partial charge in [-0.15, -0.1) is 0 Å². The Kier molecular flexibility index (Phi) is 3.30. The molecule has 0 bridgehead atoms. The second-order valence-corrected chi connectivity index (χ2v) is 5.12. The van der Waals surface area contributed by atoms with Gasteiger partial charge in [0.25, 0.3) is 6.01 Å². The Hall–Kier alpha value is -2.11.